The van der Waals surface area contributed by atoms with Gasteiger partial charge in [-0.2, -0.15) is 0 Å². The summed E-state index contributed by atoms with van der Waals surface area (Å²) in [4.78, 5) is 38.6. The van der Waals surface area contributed by atoms with Gasteiger partial charge in [-0.05, 0) is 36.8 Å². The fourth-order valence-corrected chi connectivity index (χ4v) is 3.55. The lowest BCUT2D eigenvalue weighted by Crippen LogP contribution is -2.43. The third kappa shape index (κ3) is 3.80. The second-order valence-corrected chi connectivity index (χ2v) is 6.76. The number of rotatable bonds is 4. The number of amides is 2. The van der Waals surface area contributed by atoms with Crippen molar-refractivity contribution in [2.45, 2.75) is 31.5 Å². The van der Waals surface area contributed by atoms with Gasteiger partial charge in [0, 0.05) is 17.7 Å². The molecule has 156 valence electrons. The highest BCUT2D eigenvalue weighted by molar-refractivity contribution is 6.00. The molecule has 2 aromatic carbocycles. The number of hydrogen-bond donors (Lipinski definition) is 1. The van der Waals surface area contributed by atoms with Crippen LogP contribution >= 0.6 is 0 Å². The molecule has 0 radical (unpaired) electrons. The lowest BCUT2D eigenvalue weighted by Gasteiger charge is -2.29. The molecule has 7 nitrogen and oxygen atoms in total. The predicted molar refractivity (Wildman–Crippen MR) is 96.2 cm³/mol. The summed E-state index contributed by atoms with van der Waals surface area (Å²) >= 11 is 0. The summed E-state index contributed by atoms with van der Waals surface area (Å²) in [7, 11) is 0. The molecule has 1 saturated heterocycles. The molecular formula is C20H15F3N2O5. The number of fused-ring (bicyclic) bond motifs is 1. The number of cyclic esters (lactones) is 1. The highest BCUT2D eigenvalue weighted by atomic mass is 19.4. The van der Waals surface area contributed by atoms with Crippen LogP contribution in [0.3, 0.4) is 0 Å². The Morgan fingerprint density at radius 3 is 2.50 bits per heavy atom. The van der Waals surface area contributed by atoms with Gasteiger partial charge in [0.1, 0.15) is 11.8 Å². The van der Waals surface area contributed by atoms with Crippen molar-refractivity contribution >= 4 is 23.5 Å². The van der Waals surface area contributed by atoms with Crippen LogP contribution in [0.5, 0.6) is 5.75 Å². The van der Waals surface area contributed by atoms with E-state index in [2.05, 4.69) is 10.1 Å². The molecule has 4 rings (SSSR count). The molecule has 1 fully saturated rings. The van der Waals surface area contributed by atoms with Crippen molar-refractivity contribution in [3.8, 4) is 5.75 Å². The maximum Gasteiger partial charge on any atom is 0.573 e. The Morgan fingerprint density at radius 2 is 1.80 bits per heavy atom. The third-order valence-corrected chi connectivity index (χ3v) is 4.83. The quantitative estimate of drug-likeness (QED) is 0.767. The summed E-state index contributed by atoms with van der Waals surface area (Å²) in [5.41, 5.74) is 1.07. The first kappa shape index (κ1) is 19.7. The van der Waals surface area contributed by atoms with E-state index in [0.29, 0.717) is 11.1 Å². The number of ether oxygens (including phenoxy) is 2. The molecule has 0 aromatic heterocycles. The van der Waals surface area contributed by atoms with Gasteiger partial charge in [-0.3, -0.25) is 14.5 Å². The van der Waals surface area contributed by atoms with E-state index >= 15 is 0 Å². The summed E-state index contributed by atoms with van der Waals surface area (Å²) in [5, 5.41) is 2.57. The van der Waals surface area contributed by atoms with Crippen LogP contribution in [0.4, 0.5) is 18.9 Å². The highest BCUT2D eigenvalue weighted by Crippen LogP contribution is 2.38. The SMILES string of the molecule is O=C1O[C@H](N2C(=O)CC[C@H]2C(=O)Nc2ccc(OC(F)(F)F)cc2)c2ccccc21. The van der Waals surface area contributed by atoms with Crippen LogP contribution < -0.4 is 10.1 Å². The first-order chi connectivity index (χ1) is 14.2. The van der Waals surface area contributed by atoms with Crippen molar-refractivity contribution in [1.82, 2.24) is 4.90 Å². The molecule has 2 aliphatic rings. The molecule has 10 heteroatoms. The van der Waals surface area contributed by atoms with Crippen molar-refractivity contribution in [2.75, 3.05) is 5.32 Å². The Morgan fingerprint density at radius 1 is 1.10 bits per heavy atom. The highest BCUT2D eigenvalue weighted by Gasteiger charge is 2.46. The minimum atomic E-state index is -4.81. The molecule has 0 spiro atoms. The number of carbonyl (C=O) groups excluding carboxylic acids is 3. The Bertz CT molecular complexity index is 1010. The monoisotopic (exact) mass is 420 g/mol. The Balaban J connectivity index is 1.50. The van der Waals surface area contributed by atoms with Gasteiger partial charge in [-0.1, -0.05) is 18.2 Å². The Hall–Kier alpha value is -3.56. The summed E-state index contributed by atoms with van der Waals surface area (Å²) < 4.78 is 45.9. The number of halogens is 3. The summed E-state index contributed by atoms with van der Waals surface area (Å²) in [6, 6.07) is 10.4. The molecule has 2 amide bonds. The zero-order valence-electron chi connectivity index (χ0n) is 15.3. The van der Waals surface area contributed by atoms with Crippen molar-refractivity contribution < 1.29 is 37.0 Å². The maximum atomic E-state index is 12.8. The van der Waals surface area contributed by atoms with Crippen LogP contribution in [0.2, 0.25) is 0 Å². The fourth-order valence-electron chi connectivity index (χ4n) is 3.55. The van der Waals surface area contributed by atoms with Gasteiger partial charge in [-0.25, -0.2) is 4.79 Å². The molecule has 0 bridgehead atoms. The number of esters is 1. The van der Waals surface area contributed by atoms with Crippen LogP contribution in [-0.4, -0.2) is 35.1 Å². The summed E-state index contributed by atoms with van der Waals surface area (Å²) in [6.07, 6.45) is -5.49. The van der Waals surface area contributed by atoms with Gasteiger partial charge in [0.05, 0.1) is 5.56 Å². The van der Waals surface area contributed by atoms with E-state index < -0.39 is 36.3 Å². The molecule has 0 saturated carbocycles. The standard InChI is InChI=1S/C20H15F3N2O5/c21-20(22,23)30-12-7-5-11(6-8-12)24-17(27)15-9-10-16(26)25(15)18-13-3-1-2-4-14(13)19(28)29-18/h1-8,15,18H,9-10H2,(H,24,27)/t15-,18-/m0/s1. The number of nitrogens with one attached hydrogen (secondary N) is 1. The maximum absolute atomic E-state index is 12.8. The van der Waals surface area contributed by atoms with Crippen LogP contribution in [0.1, 0.15) is 35.0 Å². The van der Waals surface area contributed by atoms with E-state index in [1.807, 2.05) is 0 Å². The van der Waals surface area contributed by atoms with Crippen LogP contribution in [0.15, 0.2) is 48.5 Å². The van der Waals surface area contributed by atoms with Crippen molar-refractivity contribution in [3.63, 3.8) is 0 Å². The van der Waals surface area contributed by atoms with Crippen LogP contribution in [-0.2, 0) is 14.3 Å². The van der Waals surface area contributed by atoms with Crippen molar-refractivity contribution in [1.29, 1.82) is 0 Å². The van der Waals surface area contributed by atoms with E-state index in [-0.39, 0.29) is 24.4 Å². The molecule has 30 heavy (non-hydrogen) atoms. The van der Waals surface area contributed by atoms with Crippen molar-refractivity contribution in [3.05, 3.63) is 59.7 Å². The number of benzene rings is 2. The molecule has 0 aliphatic carbocycles. The number of carbonyl (C=O) groups is 3. The van der Waals surface area contributed by atoms with E-state index in [4.69, 9.17) is 4.74 Å². The Labute approximate surface area is 168 Å². The normalized spacial score (nSPS) is 20.7. The molecule has 2 heterocycles. The topological polar surface area (TPSA) is 84.9 Å². The van der Waals surface area contributed by atoms with Gasteiger partial charge in [0.15, 0.2) is 0 Å². The van der Waals surface area contributed by atoms with Gasteiger partial charge in [-0.15, -0.1) is 13.2 Å². The molecule has 2 aromatic rings. The molecular weight excluding hydrogens is 405 g/mol. The molecule has 2 aliphatic heterocycles. The minimum absolute atomic E-state index is 0.104. The zero-order chi connectivity index (χ0) is 21.5. The lowest BCUT2D eigenvalue weighted by molar-refractivity contribution is -0.274. The number of alkyl halides is 3. The second-order valence-electron chi connectivity index (χ2n) is 6.76. The van der Waals surface area contributed by atoms with E-state index in [1.54, 1.807) is 24.3 Å². The van der Waals surface area contributed by atoms with Crippen LogP contribution in [0.25, 0.3) is 0 Å². The first-order valence-electron chi connectivity index (χ1n) is 9.01. The van der Waals surface area contributed by atoms with Gasteiger partial charge >= 0.3 is 12.3 Å². The van der Waals surface area contributed by atoms with Gasteiger partial charge < -0.3 is 14.8 Å². The van der Waals surface area contributed by atoms with Gasteiger partial charge in [0.25, 0.3) is 0 Å². The number of anilines is 1. The second kappa shape index (κ2) is 7.36. The molecule has 1 N–H and O–H groups in total. The summed E-state index contributed by atoms with van der Waals surface area (Å²) in [5.74, 6) is -1.87. The fraction of sp³-hybridized carbons (Fsp3) is 0.250. The number of nitrogens with zero attached hydrogens (tertiary/aromatic N) is 1. The smallest absolute Gasteiger partial charge is 0.433 e. The van der Waals surface area contributed by atoms with Crippen LogP contribution in [0, 0.1) is 0 Å². The average Bonchev–Trinajstić information content (AvgIpc) is 3.22. The average molecular weight is 420 g/mol. The summed E-state index contributed by atoms with van der Waals surface area (Å²) in [6.45, 7) is 0. The largest absolute Gasteiger partial charge is 0.573 e. The predicted octanol–water partition coefficient (Wildman–Crippen LogP) is 3.38. The van der Waals surface area contributed by atoms with E-state index in [0.717, 1.165) is 12.1 Å². The third-order valence-electron chi connectivity index (χ3n) is 4.83. The zero-order valence-corrected chi connectivity index (χ0v) is 15.3. The van der Waals surface area contributed by atoms with E-state index in [1.165, 1.54) is 17.0 Å². The van der Waals surface area contributed by atoms with E-state index in [9.17, 15) is 27.6 Å². The Kier molecular flexibility index (Phi) is 4.84. The number of likely N-dealkylation sites (tertiary alicyclic amines) is 1. The lowest BCUT2D eigenvalue weighted by atomic mass is 10.1. The molecule has 0 unspecified atom stereocenters. The molecule has 2 atom stereocenters. The number of hydrogen-bond acceptors (Lipinski definition) is 5. The van der Waals surface area contributed by atoms with Gasteiger partial charge in [0.2, 0.25) is 18.0 Å². The first-order valence-corrected chi connectivity index (χ1v) is 9.01. The minimum Gasteiger partial charge on any atom is -0.433 e. The van der Waals surface area contributed by atoms with Crippen molar-refractivity contribution in [2.24, 2.45) is 0 Å².